The molecule has 27 heavy (non-hydrogen) atoms. The molecule has 0 saturated carbocycles. The molecule has 9 heteroatoms. The summed E-state index contributed by atoms with van der Waals surface area (Å²) < 4.78 is 5.04. The first-order valence-electron chi connectivity index (χ1n) is 9.04. The van der Waals surface area contributed by atoms with E-state index < -0.39 is 18.5 Å². The van der Waals surface area contributed by atoms with Gasteiger partial charge in [-0.2, -0.15) is 0 Å². The topological polar surface area (TPSA) is 105 Å². The van der Waals surface area contributed by atoms with E-state index in [9.17, 15) is 19.2 Å². The van der Waals surface area contributed by atoms with Gasteiger partial charge in [-0.05, 0) is 30.7 Å². The maximum absolute atomic E-state index is 12.3. The number of carbonyl (C=O) groups excluding carboxylic acids is 4. The molecule has 0 radical (unpaired) electrons. The first-order valence-corrected chi connectivity index (χ1v) is 9.92. The Morgan fingerprint density at radius 3 is 2.56 bits per heavy atom. The van der Waals surface area contributed by atoms with Crippen molar-refractivity contribution in [1.29, 1.82) is 0 Å². The molecule has 0 spiro atoms. The van der Waals surface area contributed by atoms with Crippen molar-refractivity contribution in [2.75, 3.05) is 32.8 Å². The first kappa shape index (κ1) is 20.9. The summed E-state index contributed by atoms with van der Waals surface area (Å²) in [6.45, 7) is 2.91. The van der Waals surface area contributed by atoms with Crippen molar-refractivity contribution < 1.29 is 23.9 Å². The van der Waals surface area contributed by atoms with Crippen LogP contribution in [0.1, 0.15) is 35.9 Å². The smallest absolute Gasteiger partial charge is 0.309 e. The lowest BCUT2D eigenvalue weighted by Gasteiger charge is -2.30. The average Bonchev–Trinajstić information content (AvgIpc) is 3.23. The lowest BCUT2D eigenvalue weighted by atomic mass is 9.97. The minimum atomic E-state index is -0.514. The molecular formula is C18H25N3O5S. The second kappa shape index (κ2) is 10.7. The Bertz CT molecular complexity index is 654. The SMILES string of the molecule is CCCNC(=O)CNC(=O)COC(=O)C1CCN(C(=O)c2cccs2)CC1. The number of carbonyl (C=O) groups is 4. The van der Waals surface area contributed by atoms with E-state index in [4.69, 9.17) is 4.74 Å². The summed E-state index contributed by atoms with van der Waals surface area (Å²) in [5, 5.41) is 6.90. The van der Waals surface area contributed by atoms with Gasteiger partial charge < -0.3 is 20.3 Å². The van der Waals surface area contributed by atoms with Crippen LogP contribution in [-0.2, 0) is 19.1 Å². The Kier molecular flexibility index (Phi) is 8.25. The zero-order valence-corrected chi connectivity index (χ0v) is 16.2. The number of ether oxygens (including phenoxy) is 1. The van der Waals surface area contributed by atoms with E-state index in [1.807, 2.05) is 18.4 Å². The number of amides is 3. The molecular weight excluding hydrogens is 370 g/mol. The summed E-state index contributed by atoms with van der Waals surface area (Å²) in [6, 6.07) is 3.62. The second-order valence-corrected chi connectivity index (χ2v) is 7.23. The number of piperidine rings is 1. The largest absolute Gasteiger partial charge is 0.455 e. The van der Waals surface area contributed by atoms with Crippen LogP contribution >= 0.6 is 11.3 Å². The van der Waals surface area contributed by atoms with Gasteiger partial charge in [-0.3, -0.25) is 19.2 Å². The zero-order valence-electron chi connectivity index (χ0n) is 15.4. The maximum atomic E-state index is 12.3. The fraction of sp³-hybridized carbons (Fsp3) is 0.556. The van der Waals surface area contributed by atoms with Gasteiger partial charge in [0.15, 0.2) is 6.61 Å². The third kappa shape index (κ3) is 6.67. The molecule has 148 valence electrons. The fourth-order valence-electron chi connectivity index (χ4n) is 2.69. The molecule has 1 aliphatic heterocycles. The summed E-state index contributed by atoms with van der Waals surface area (Å²) in [6.07, 6.45) is 1.84. The van der Waals surface area contributed by atoms with Gasteiger partial charge in [0, 0.05) is 19.6 Å². The molecule has 2 N–H and O–H groups in total. The first-order chi connectivity index (χ1) is 13.0. The predicted octanol–water partition coefficient (Wildman–Crippen LogP) is 0.786. The molecule has 3 amide bonds. The van der Waals surface area contributed by atoms with Gasteiger partial charge in [0.25, 0.3) is 11.8 Å². The number of esters is 1. The summed E-state index contributed by atoms with van der Waals surface area (Å²) >= 11 is 1.40. The van der Waals surface area contributed by atoms with Crippen molar-refractivity contribution in [2.24, 2.45) is 5.92 Å². The van der Waals surface area contributed by atoms with Crippen LogP contribution in [-0.4, -0.2) is 61.4 Å². The van der Waals surface area contributed by atoms with E-state index in [1.165, 1.54) is 11.3 Å². The molecule has 0 unspecified atom stereocenters. The molecule has 2 heterocycles. The highest BCUT2D eigenvalue weighted by molar-refractivity contribution is 7.12. The predicted molar refractivity (Wildman–Crippen MR) is 100 cm³/mol. The van der Waals surface area contributed by atoms with Crippen LogP contribution in [0.25, 0.3) is 0 Å². The quantitative estimate of drug-likeness (QED) is 0.633. The van der Waals surface area contributed by atoms with Crippen molar-refractivity contribution >= 4 is 35.0 Å². The molecule has 0 bridgehead atoms. The molecule has 1 saturated heterocycles. The maximum Gasteiger partial charge on any atom is 0.309 e. The van der Waals surface area contributed by atoms with Crippen LogP contribution in [0.15, 0.2) is 17.5 Å². The van der Waals surface area contributed by atoms with Gasteiger partial charge in [-0.1, -0.05) is 13.0 Å². The number of thiophene rings is 1. The number of nitrogens with zero attached hydrogens (tertiary/aromatic N) is 1. The summed E-state index contributed by atoms with van der Waals surface area (Å²) in [5.41, 5.74) is 0. The third-order valence-corrected chi connectivity index (χ3v) is 5.07. The Morgan fingerprint density at radius 1 is 1.19 bits per heavy atom. The van der Waals surface area contributed by atoms with Gasteiger partial charge in [-0.15, -0.1) is 11.3 Å². The number of likely N-dealkylation sites (tertiary alicyclic amines) is 1. The standard InChI is InChI=1S/C18H25N3O5S/c1-2-7-19-15(22)11-20-16(23)12-26-18(25)13-5-8-21(9-6-13)17(24)14-4-3-10-27-14/h3-4,10,13H,2,5-9,11-12H2,1H3,(H,19,22)(H,20,23). The Hall–Kier alpha value is -2.42. The van der Waals surface area contributed by atoms with E-state index in [2.05, 4.69) is 10.6 Å². The Balaban J connectivity index is 1.65. The van der Waals surface area contributed by atoms with Crippen LogP contribution in [0.5, 0.6) is 0 Å². The van der Waals surface area contributed by atoms with Crippen LogP contribution in [0.2, 0.25) is 0 Å². The van der Waals surface area contributed by atoms with Crippen molar-refractivity contribution in [3.05, 3.63) is 22.4 Å². The number of nitrogens with one attached hydrogen (secondary N) is 2. The van der Waals surface area contributed by atoms with E-state index >= 15 is 0 Å². The highest BCUT2D eigenvalue weighted by Crippen LogP contribution is 2.21. The monoisotopic (exact) mass is 395 g/mol. The minimum absolute atomic E-state index is 0.0162. The molecule has 1 aliphatic rings. The van der Waals surface area contributed by atoms with E-state index in [0.717, 1.165) is 6.42 Å². The molecule has 0 aromatic carbocycles. The average molecular weight is 395 g/mol. The highest BCUT2D eigenvalue weighted by atomic mass is 32.1. The Labute approximate surface area is 162 Å². The summed E-state index contributed by atoms with van der Waals surface area (Å²) in [4.78, 5) is 49.9. The molecule has 1 fully saturated rings. The van der Waals surface area contributed by atoms with Gasteiger partial charge >= 0.3 is 5.97 Å². The lowest BCUT2D eigenvalue weighted by molar-refractivity contribution is -0.153. The molecule has 0 aliphatic carbocycles. The van der Waals surface area contributed by atoms with E-state index in [0.29, 0.717) is 37.4 Å². The summed E-state index contributed by atoms with van der Waals surface area (Å²) in [7, 11) is 0. The zero-order chi connectivity index (χ0) is 19.6. The molecule has 8 nitrogen and oxygen atoms in total. The molecule has 1 aromatic heterocycles. The molecule has 0 atom stereocenters. The number of hydrogen-bond acceptors (Lipinski definition) is 6. The van der Waals surface area contributed by atoms with Crippen LogP contribution in [0, 0.1) is 5.92 Å². The third-order valence-electron chi connectivity index (χ3n) is 4.21. The van der Waals surface area contributed by atoms with Gasteiger partial charge in [0.1, 0.15) is 0 Å². The molecule has 1 aromatic rings. The van der Waals surface area contributed by atoms with Gasteiger partial charge in [-0.25, -0.2) is 0 Å². The van der Waals surface area contributed by atoms with Crippen LogP contribution < -0.4 is 10.6 Å². The normalized spacial score (nSPS) is 14.5. The molecule has 2 rings (SSSR count). The Morgan fingerprint density at radius 2 is 1.93 bits per heavy atom. The van der Waals surface area contributed by atoms with Crippen LogP contribution in [0.3, 0.4) is 0 Å². The van der Waals surface area contributed by atoms with Crippen LogP contribution in [0.4, 0.5) is 0 Å². The number of rotatable bonds is 8. The van der Waals surface area contributed by atoms with E-state index in [-0.39, 0.29) is 24.3 Å². The van der Waals surface area contributed by atoms with Crippen molar-refractivity contribution in [1.82, 2.24) is 15.5 Å². The highest BCUT2D eigenvalue weighted by Gasteiger charge is 2.29. The summed E-state index contributed by atoms with van der Waals surface area (Å²) in [5.74, 6) is -1.57. The second-order valence-electron chi connectivity index (χ2n) is 6.28. The van der Waals surface area contributed by atoms with Crippen molar-refractivity contribution in [2.45, 2.75) is 26.2 Å². The fourth-order valence-corrected chi connectivity index (χ4v) is 3.38. The lowest BCUT2D eigenvalue weighted by Crippen LogP contribution is -2.41. The minimum Gasteiger partial charge on any atom is -0.455 e. The van der Waals surface area contributed by atoms with Crippen molar-refractivity contribution in [3.8, 4) is 0 Å². The van der Waals surface area contributed by atoms with Gasteiger partial charge in [0.2, 0.25) is 5.91 Å². The van der Waals surface area contributed by atoms with Crippen molar-refractivity contribution in [3.63, 3.8) is 0 Å². The number of hydrogen-bond donors (Lipinski definition) is 2. The van der Waals surface area contributed by atoms with E-state index in [1.54, 1.807) is 11.0 Å². The van der Waals surface area contributed by atoms with Gasteiger partial charge in [0.05, 0.1) is 17.3 Å².